The molecule has 0 amide bonds. The quantitative estimate of drug-likeness (QED) is 0.533. The number of nitrogens with zero attached hydrogens (tertiary/aromatic N) is 2. The molecule has 1 aromatic heterocycles. The van der Waals surface area contributed by atoms with E-state index in [-0.39, 0.29) is 11.6 Å². The van der Waals surface area contributed by atoms with Crippen LogP contribution in [0.25, 0.3) is 16.7 Å². The molecule has 0 radical (unpaired) electrons. The second kappa shape index (κ2) is 9.10. The van der Waals surface area contributed by atoms with Crippen LogP contribution >= 0.6 is 0 Å². The van der Waals surface area contributed by atoms with Gasteiger partial charge in [-0.15, -0.1) is 0 Å². The van der Waals surface area contributed by atoms with E-state index in [4.69, 9.17) is 0 Å². The Labute approximate surface area is 170 Å². The Morgan fingerprint density at radius 1 is 0.828 bits per heavy atom. The predicted molar refractivity (Wildman–Crippen MR) is 113 cm³/mol. The number of rotatable bonds is 6. The Balaban J connectivity index is 1.29. The van der Waals surface area contributed by atoms with Crippen LogP contribution in [0.4, 0.5) is 8.78 Å². The van der Waals surface area contributed by atoms with Crippen LogP contribution < -0.4 is 0 Å². The third-order valence-electron chi connectivity index (χ3n) is 5.41. The van der Waals surface area contributed by atoms with E-state index in [2.05, 4.69) is 22.0 Å². The third kappa shape index (κ3) is 5.15. The molecule has 3 aromatic rings. The summed E-state index contributed by atoms with van der Waals surface area (Å²) in [6.45, 7) is 2.97. The standard InChI is InChI=1S/C25H24F2N2/c26-23-7-3-19(4-8-23)21-12-16-29(17-13-21)15-1-2-25-18-22(11-14-28-25)20-5-9-24(27)10-6-20/h3-12,14,18H,1-2,13,15-17H2. The number of halogens is 2. The molecule has 0 aliphatic carbocycles. The van der Waals surface area contributed by atoms with Gasteiger partial charge in [0.25, 0.3) is 0 Å². The molecule has 2 aromatic carbocycles. The fraction of sp³-hybridized carbons (Fsp3) is 0.240. The van der Waals surface area contributed by atoms with E-state index in [1.165, 1.54) is 29.8 Å². The zero-order valence-corrected chi connectivity index (χ0v) is 16.3. The van der Waals surface area contributed by atoms with Gasteiger partial charge in [0.15, 0.2) is 0 Å². The lowest BCUT2D eigenvalue weighted by Crippen LogP contribution is -2.29. The summed E-state index contributed by atoms with van der Waals surface area (Å²) in [4.78, 5) is 6.93. The molecule has 29 heavy (non-hydrogen) atoms. The maximum Gasteiger partial charge on any atom is 0.123 e. The van der Waals surface area contributed by atoms with E-state index >= 15 is 0 Å². The Kier molecular flexibility index (Phi) is 6.11. The lowest BCUT2D eigenvalue weighted by atomic mass is 9.99. The Hall–Kier alpha value is -2.85. The Morgan fingerprint density at radius 2 is 1.52 bits per heavy atom. The monoisotopic (exact) mass is 390 g/mol. The molecular weight excluding hydrogens is 366 g/mol. The molecule has 148 valence electrons. The van der Waals surface area contributed by atoms with Gasteiger partial charge in [0.1, 0.15) is 11.6 Å². The van der Waals surface area contributed by atoms with Crippen molar-refractivity contribution in [2.24, 2.45) is 0 Å². The van der Waals surface area contributed by atoms with Gasteiger partial charge in [-0.1, -0.05) is 30.3 Å². The summed E-state index contributed by atoms with van der Waals surface area (Å²) in [5.74, 6) is -0.412. The number of aromatic nitrogens is 1. The van der Waals surface area contributed by atoms with Crippen molar-refractivity contribution < 1.29 is 8.78 Å². The molecule has 0 spiro atoms. The highest BCUT2D eigenvalue weighted by Crippen LogP contribution is 2.23. The maximum absolute atomic E-state index is 13.1. The fourth-order valence-corrected chi connectivity index (χ4v) is 3.76. The maximum atomic E-state index is 13.1. The van der Waals surface area contributed by atoms with Crippen LogP contribution in [-0.4, -0.2) is 29.5 Å². The minimum absolute atomic E-state index is 0.191. The van der Waals surface area contributed by atoms with Crippen molar-refractivity contribution in [3.63, 3.8) is 0 Å². The summed E-state index contributed by atoms with van der Waals surface area (Å²) in [7, 11) is 0. The van der Waals surface area contributed by atoms with E-state index < -0.39 is 0 Å². The minimum Gasteiger partial charge on any atom is -0.299 e. The molecule has 0 N–H and O–H groups in total. The van der Waals surface area contributed by atoms with Crippen molar-refractivity contribution in [3.8, 4) is 11.1 Å². The van der Waals surface area contributed by atoms with E-state index in [0.29, 0.717) is 0 Å². The molecule has 1 aliphatic heterocycles. The van der Waals surface area contributed by atoms with Crippen LogP contribution in [0, 0.1) is 11.6 Å². The topological polar surface area (TPSA) is 16.1 Å². The van der Waals surface area contributed by atoms with Crippen LogP contribution in [0.1, 0.15) is 24.1 Å². The SMILES string of the molecule is Fc1ccc(C2=CCN(CCCc3cc(-c4ccc(F)cc4)ccn3)CC2)cc1. The van der Waals surface area contributed by atoms with Gasteiger partial charge in [-0.05, 0) is 84.5 Å². The van der Waals surface area contributed by atoms with Gasteiger partial charge in [-0.2, -0.15) is 0 Å². The lowest BCUT2D eigenvalue weighted by Gasteiger charge is -2.26. The van der Waals surface area contributed by atoms with E-state index in [1.807, 2.05) is 24.4 Å². The predicted octanol–water partition coefficient (Wildman–Crippen LogP) is 5.75. The molecule has 0 fully saturated rings. The Bertz CT molecular complexity index is 978. The number of aryl methyl sites for hydroxylation is 1. The van der Waals surface area contributed by atoms with Gasteiger partial charge in [-0.25, -0.2) is 8.78 Å². The van der Waals surface area contributed by atoms with Crippen LogP contribution in [0.3, 0.4) is 0 Å². The first-order valence-electron chi connectivity index (χ1n) is 10.1. The summed E-state index contributed by atoms with van der Waals surface area (Å²) in [6, 6.07) is 17.4. The molecule has 0 saturated carbocycles. The summed E-state index contributed by atoms with van der Waals surface area (Å²) in [5, 5.41) is 0. The van der Waals surface area contributed by atoms with Gasteiger partial charge in [0.2, 0.25) is 0 Å². The number of benzene rings is 2. The first-order chi connectivity index (χ1) is 14.2. The van der Waals surface area contributed by atoms with E-state index in [1.54, 1.807) is 12.1 Å². The number of hydrogen-bond acceptors (Lipinski definition) is 2. The van der Waals surface area contributed by atoms with Crippen molar-refractivity contribution in [2.45, 2.75) is 19.3 Å². The molecule has 0 saturated heterocycles. The largest absolute Gasteiger partial charge is 0.299 e. The summed E-state index contributed by atoms with van der Waals surface area (Å²) >= 11 is 0. The summed E-state index contributed by atoms with van der Waals surface area (Å²) in [5.41, 5.74) is 5.55. The first-order valence-corrected chi connectivity index (χ1v) is 10.1. The van der Waals surface area contributed by atoms with Crippen LogP contribution in [0.2, 0.25) is 0 Å². The lowest BCUT2D eigenvalue weighted by molar-refractivity contribution is 0.297. The highest BCUT2D eigenvalue weighted by atomic mass is 19.1. The summed E-state index contributed by atoms with van der Waals surface area (Å²) in [6.07, 6.45) is 7.03. The number of pyridine rings is 1. The van der Waals surface area contributed by atoms with E-state index in [0.717, 1.165) is 61.3 Å². The first kappa shape index (κ1) is 19.5. The number of hydrogen-bond donors (Lipinski definition) is 0. The molecule has 4 heteroatoms. The van der Waals surface area contributed by atoms with Gasteiger partial charge in [-0.3, -0.25) is 9.88 Å². The van der Waals surface area contributed by atoms with Crippen molar-refractivity contribution in [1.82, 2.24) is 9.88 Å². The van der Waals surface area contributed by atoms with Gasteiger partial charge in [0, 0.05) is 25.0 Å². The highest BCUT2D eigenvalue weighted by molar-refractivity contribution is 5.66. The van der Waals surface area contributed by atoms with Gasteiger partial charge in [0.05, 0.1) is 0 Å². The van der Waals surface area contributed by atoms with Crippen molar-refractivity contribution in [2.75, 3.05) is 19.6 Å². The highest BCUT2D eigenvalue weighted by Gasteiger charge is 2.13. The average molecular weight is 390 g/mol. The van der Waals surface area contributed by atoms with Crippen LogP contribution in [0.5, 0.6) is 0 Å². The molecular formula is C25H24F2N2. The molecule has 1 aliphatic rings. The molecule has 2 nitrogen and oxygen atoms in total. The molecule has 0 unspecified atom stereocenters. The smallest absolute Gasteiger partial charge is 0.123 e. The average Bonchev–Trinajstić information content (AvgIpc) is 2.76. The second-order valence-electron chi connectivity index (χ2n) is 7.43. The fourth-order valence-electron chi connectivity index (χ4n) is 3.76. The van der Waals surface area contributed by atoms with Gasteiger partial charge < -0.3 is 0 Å². The molecule has 2 heterocycles. The van der Waals surface area contributed by atoms with E-state index in [9.17, 15) is 8.78 Å². The molecule has 0 atom stereocenters. The van der Waals surface area contributed by atoms with Crippen LogP contribution in [-0.2, 0) is 6.42 Å². The zero-order valence-electron chi connectivity index (χ0n) is 16.3. The summed E-state index contributed by atoms with van der Waals surface area (Å²) < 4.78 is 26.2. The van der Waals surface area contributed by atoms with Crippen molar-refractivity contribution in [3.05, 3.63) is 95.8 Å². The van der Waals surface area contributed by atoms with Crippen molar-refractivity contribution >= 4 is 5.57 Å². The normalized spacial score (nSPS) is 14.6. The molecule has 0 bridgehead atoms. The molecule has 4 rings (SSSR count). The van der Waals surface area contributed by atoms with Crippen LogP contribution in [0.15, 0.2) is 72.9 Å². The van der Waals surface area contributed by atoms with Gasteiger partial charge >= 0.3 is 0 Å². The minimum atomic E-state index is -0.221. The van der Waals surface area contributed by atoms with Crippen molar-refractivity contribution in [1.29, 1.82) is 0 Å². The second-order valence-corrected chi connectivity index (χ2v) is 7.43. The zero-order chi connectivity index (χ0) is 20.1. The Morgan fingerprint density at radius 3 is 2.17 bits per heavy atom. The third-order valence-corrected chi connectivity index (χ3v) is 5.41.